The van der Waals surface area contributed by atoms with Gasteiger partial charge in [-0.25, -0.2) is 4.98 Å². The average Bonchev–Trinajstić information content (AvgIpc) is 3.37. The fraction of sp³-hybridized carbons (Fsp3) is 0.286. The molecule has 0 N–H and O–H groups in total. The van der Waals surface area contributed by atoms with Crippen LogP contribution in [0, 0.1) is 13.8 Å². The summed E-state index contributed by atoms with van der Waals surface area (Å²) in [4.78, 5) is 19.8. The second kappa shape index (κ2) is 9.63. The summed E-state index contributed by atoms with van der Waals surface area (Å²) < 4.78 is 9.26. The van der Waals surface area contributed by atoms with Crippen LogP contribution in [-0.4, -0.2) is 28.6 Å². The van der Waals surface area contributed by atoms with E-state index in [4.69, 9.17) is 9.72 Å². The highest BCUT2D eigenvalue weighted by atomic mass is 79.9. The molecule has 1 atom stereocenters. The number of aryl methyl sites for hydroxylation is 3. The lowest BCUT2D eigenvalue weighted by Crippen LogP contribution is -2.25. The minimum Gasteiger partial charge on any atom is -0.494 e. The normalized spacial score (nSPS) is 15.9. The Morgan fingerprint density at radius 2 is 1.76 bits per heavy atom. The average molecular weight is 518 g/mol. The summed E-state index contributed by atoms with van der Waals surface area (Å²) in [6.07, 6.45) is 1.32. The molecule has 0 aliphatic carbocycles. The SMILES string of the molecule is Cc1cc(C)cc(OCCCn2c(C3CC(=O)N(c4ccccc4Br)C3)nc3ccccc32)c1. The van der Waals surface area contributed by atoms with Crippen LogP contribution in [0.5, 0.6) is 5.75 Å². The zero-order chi connectivity index (χ0) is 23.7. The van der Waals surface area contributed by atoms with Crippen LogP contribution < -0.4 is 9.64 Å². The highest BCUT2D eigenvalue weighted by molar-refractivity contribution is 9.10. The van der Waals surface area contributed by atoms with Gasteiger partial charge in [0.05, 0.1) is 23.3 Å². The molecule has 174 valence electrons. The first-order valence-corrected chi connectivity index (χ1v) is 12.5. The van der Waals surface area contributed by atoms with Crippen molar-refractivity contribution in [2.24, 2.45) is 0 Å². The van der Waals surface area contributed by atoms with Crippen molar-refractivity contribution in [2.45, 2.75) is 39.2 Å². The molecule has 1 aliphatic rings. The fourth-order valence-electron chi connectivity index (χ4n) is 4.85. The molecular weight excluding hydrogens is 490 g/mol. The Balaban J connectivity index is 1.35. The largest absolute Gasteiger partial charge is 0.494 e. The van der Waals surface area contributed by atoms with E-state index in [1.165, 1.54) is 11.1 Å². The van der Waals surface area contributed by atoms with Gasteiger partial charge < -0.3 is 14.2 Å². The zero-order valence-electron chi connectivity index (χ0n) is 19.5. The molecule has 1 unspecified atom stereocenters. The van der Waals surface area contributed by atoms with Gasteiger partial charge in [-0.2, -0.15) is 0 Å². The quantitative estimate of drug-likeness (QED) is 0.266. The van der Waals surface area contributed by atoms with Gasteiger partial charge in [0.2, 0.25) is 5.91 Å². The Kier molecular flexibility index (Phi) is 6.42. The first-order valence-electron chi connectivity index (χ1n) is 11.7. The zero-order valence-corrected chi connectivity index (χ0v) is 21.1. The van der Waals surface area contributed by atoms with Crippen molar-refractivity contribution in [2.75, 3.05) is 18.1 Å². The van der Waals surface area contributed by atoms with E-state index in [0.29, 0.717) is 19.6 Å². The van der Waals surface area contributed by atoms with Gasteiger partial charge in [0.1, 0.15) is 11.6 Å². The number of imidazole rings is 1. The minimum atomic E-state index is 0.0485. The van der Waals surface area contributed by atoms with E-state index < -0.39 is 0 Å². The van der Waals surface area contributed by atoms with Gasteiger partial charge in [0.25, 0.3) is 0 Å². The predicted octanol–water partition coefficient (Wildman–Crippen LogP) is 6.41. The van der Waals surface area contributed by atoms with Crippen LogP contribution in [0.1, 0.15) is 35.7 Å². The number of ether oxygens (including phenoxy) is 1. The standard InChI is InChI=1S/C28H28BrN3O2/c1-19-14-20(2)16-22(15-19)34-13-7-12-31-26-11-6-4-9-24(26)30-28(31)21-17-27(33)32(18-21)25-10-5-3-8-23(25)29/h3-6,8-11,14-16,21H,7,12-13,17-18H2,1-2H3. The summed E-state index contributed by atoms with van der Waals surface area (Å²) in [7, 11) is 0. The maximum atomic E-state index is 13.0. The Morgan fingerprint density at radius 3 is 2.56 bits per heavy atom. The van der Waals surface area contributed by atoms with Gasteiger partial charge in [-0.15, -0.1) is 0 Å². The fourth-order valence-corrected chi connectivity index (χ4v) is 5.35. The number of aromatic nitrogens is 2. The first kappa shape index (κ1) is 22.7. The number of rotatable bonds is 7. The highest BCUT2D eigenvalue weighted by Crippen LogP contribution is 2.36. The number of carbonyl (C=O) groups is 1. The van der Waals surface area contributed by atoms with Crippen molar-refractivity contribution in [1.82, 2.24) is 9.55 Å². The van der Waals surface area contributed by atoms with Crippen molar-refractivity contribution in [3.63, 3.8) is 0 Å². The lowest BCUT2D eigenvalue weighted by Gasteiger charge is -2.19. The van der Waals surface area contributed by atoms with E-state index in [1.807, 2.05) is 47.4 Å². The third kappa shape index (κ3) is 4.60. The van der Waals surface area contributed by atoms with Crippen molar-refractivity contribution < 1.29 is 9.53 Å². The molecule has 2 heterocycles. The van der Waals surface area contributed by atoms with E-state index in [-0.39, 0.29) is 11.8 Å². The number of carbonyl (C=O) groups excluding carboxylic acids is 1. The molecule has 1 fully saturated rings. The molecule has 1 saturated heterocycles. The molecule has 0 bridgehead atoms. The van der Waals surface area contributed by atoms with Crippen LogP contribution in [-0.2, 0) is 11.3 Å². The number of hydrogen-bond donors (Lipinski definition) is 0. The Hall–Kier alpha value is -3.12. The second-order valence-corrected chi connectivity index (χ2v) is 9.85. The number of amides is 1. The smallest absolute Gasteiger partial charge is 0.227 e. The monoisotopic (exact) mass is 517 g/mol. The molecule has 3 aromatic carbocycles. The third-order valence-corrected chi connectivity index (χ3v) is 6.98. The minimum absolute atomic E-state index is 0.0485. The van der Waals surface area contributed by atoms with Gasteiger partial charge in [0.15, 0.2) is 0 Å². The maximum Gasteiger partial charge on any atom is 0.227 e. The van der Waals surface area contributed by atoms with Crippen molar-refractivity contribution >= 4 is 38.6 Å². The number of hydrogen-bond acceptors (Lipinski definition) is 3. The molecule has 0 saturated carbocycles. The summed E-state index contributed by atoms with van der Waals surface area (Å²) in [6.45, 7) is 6.22. The number of benzene rings is 3. The second-order valence-electron chi connectivity index (χ2n) is 8.99. The van der Waals surface area contributed by atoms with Crippen LogP contribution in [0.4, 0.5) is 5.69 Å². The van der Waals surface area contributed by atoms with E-state index in [0.717, 1.165) is 45.7 Å². The van der Waals surface area contributed by atoms with Crippen molar-refractivity contribution in [1.29, 1.82) is 0 Å². The molecule has 1 amide bonds. The summed E-state index contributed by atoms with van der Waals surface area (Å²) in [5.41, 5.74) is 5.41. The number of fused-ring (bicyclic) bond motifs is 1. The van der Waals surface area contributed by atoms with E-state index in [9.17, 15) is 4.79 Å². The van der Waals surface area contributed by atoms with E-state index in [1.54, 1.807) is 0 Å². The van der Waals surface area contributed by atoms with Crippen LogP contribution >= 0.6 is 15.9 Å². The summed E-state index contributed by atoms with van der Waals surface area (Å²) in [5, 5.41) is 0. The first-order chi connectivity index (χ1) is 16.5. The van der Waals surface area contributed by atoms with Gasteiger partial charge in [-0.3, -0.25) is 4.79 Å². The number of para-hydroxylation sites is 3. The van der Waals surface area contributed by atoms with Crippen LogP contribution in [0.2, 0.25) is 0 Å². The molecular formula is C28H28BrN3O2. The summed E-state index contributed by atoms with van der Waals surface area (Å²) in [6, 6.07) is 22.4. The van der Waals surface area contributed by atoms with Crippen LogP contribution in [0.3, 0.4) is 0 Å². The molecule has 4 aromatic rings. The Bertz CT molecular complexity index is 1330. The molecule has 1 aliphatic heterocycles. The predicted molar refractivity (Wildman–Crippen MR) is 140 cm³/mol. The lowest BCUT2D eigenvalue weighted by atomic mass is 10.1. The van der Waals surface area contributed by atoms with Gasteiger partial charge in [-0.1, -0.05) is 30.3 Å². The number of nitrogens with zero attached hydrogens (tertiary/aromatic N) is 3. The van der Waals surface area contributed by atoms with Crippen molar-refractivity contribution in [3.05, 3.63) is 88.2 Å². The lowest BCUT2D eigenvalue weighted by molar-refractivity contribution is -0.117. The van der Waals surface area contributed by atoms with Crippen LogP contribution in [0.25, 0.3) is 11.0 Å². The highest BCUT2D eigenvalue weighted by Gasteiger charge is 2.35. The topological polar surface area (TPSA) is 47.4 Å². The molecule has 5 nitrogen and oxygen atoms in total. The molecule has 0 radical (unpaired) electrons. The van der Waals surface area contributed by atoms with Gasteiger partial charge in [0, 0.05) is 29.9 Å². The van der Waals surface area contributed by atoms with Crippen molar-refractivity contribution in [3.8, 4) is 5.75 Å². The summed E-state index contributed by atoms with van der Waals surface area (Å²) in [5.74, 6) is 2.08. The van der Waals surface area contributed by atoms with Crippen LogP contribution in [0.15, 0.2) is 71.2 Å². The van der Waals surface area contributed by atoms with Gasteiger partial charge >= 0.3 is 0 Å². The summed E-state index contributed by atoms with van der Waals surface area (Å²) >= 11 is 3.59. The number of anilines is 1. The molecule has 34 heavy (non-hydrogen) atoms. The Labute approximate surface area is 208 Å². The molecule has 0 spiro atoms. The van der Waals surface area contributed by atoms with E-state index in [2.05, 4.69) is 58.6 Å². The molecule has 6 heteroatoms. The maximum absolute atomic E-state index is 13.0. The van der Waals surface area contributed by atoms with Gasteiger partial charge in [-0.05, 0) is 83.7 Å². The van der Waals surface area contributed by atoms with E-state index >= 15 is 0 Å². The number of halogens is 1. The third-order valence-electron chi connectivity index (χ3n) is 6.31. The molecule has 1 aromatic heterocycles. The Morgan fingerprint density at radius 1 is 1.03 bits per heavy atom. The molecule has 5 rings (SSSR count).